The van der Waals surface area contributed by atoms with Crippen LogP contribution in [0.4, 0.5) is 5.13 Å². The lowest BCUT2D eigenvalue weighted by Gasteiger charge is -2.25. The van der Waals surface area contributed by atoms with Gasteiger partial charge in [0.25, 0.3) is 0 Å². The maximum absolute atomic E-state index is 11.1. The first-order valence-electron chi connectivity index (χ1n) is 4.43. The fourth-order valence-corrected chi connectivity index (χ4v) is 2.00. The molecule has 2 heterocycles. The molecule has 0 atom stereocenters. The van der Waals surface area contributed by atoms with Crippen LogP contribution in [-0.4, -0.2) is 35.4 Å². The van der Waals surface area contributed by atoms with Crippen molar-refractivity contribution in [3.63, 3.8) is 0 Å². The maximum atomic E-state index is 11.1. The van der Waals surface area contributed by atoms with Crippen LogP contribution in [0, 0.1) is 0 Å². The van der Waals surface area contributed by atoms with Gasteiger partial charge in [0, 0.05) is 25.0 Å². The summed E-state index contributed by atoms with van der Waals surface area (Å²) in [5.41, 5.74) is 6.47. The molecule has 2 rings (SSSR count). The van der Waals surface area contributed by atoms with Crippen LogP contribution in [0.5, 0.6) is 0 Å². The molecule has 6 heteroatoms. The normalized spacial score (nSPS) is 18.1. The molecule has 0 aliphatic carbocycles. The first kappa shape index (κ1) is 9.42. The SMILES string of the molecule is Nc1nc(CN2CCNC(=O)C2)cs1. The zero-order chi connectivity index (χ0) is 9.97. The van der Waals surface area contributed by atoms with Crippen molar-refractivity contribution >= 4 is 22.4 Å². The minimum absolute atomic E-state index is 0.0828. The Morgan fingerprint density at radius 1 is 1.71 bits per heavy atom. The molecule has 76 valence electrons. The fraction of sp³-hybridized carbons (Fsp3) is 0.500. The van der Waals surface area contributed by atoms with E-state index in [9.17, 15) is 4.79 Å². The number of amides is 1. The number of nitrogens with zero attached hydrogens (tertiary/aromatic N) is 2. The summed E-state index contributed by atoms with van der Waals surface area (Å²) in [5, 5.41) is 5.30. The zero-order valence-corrected chi connectivity index (χ0v) is 8.51. The predicted molar refractivity (Wildman–Crippen MR) is 54.8 cm³/mol. The number of nitrogens with two attached hydrogens (primary N) is 1. The molecule has 1 aromatic rings. The lowest BCUT2D eigenvalue weighted by atomic mass is 10.3. The molecule has 1 saturated heterocycles. The molecule has 14 heavy (non-hydrogen) atoms. The number of thiazole rings is 1. The van der Waals surface area contributed by atoms with E-state index in [2.05, 4.69) is 15.2 Å². The van der Waals surface area contributed by atoms with E-state index in [1.807, 2.05) is 5.38 Å². The van der Waals surface area contributed by atoms with Gasteiger partial charge in [0.1, 0.15) is 0 Å². The molecule has 1 aliphatic rings. The van der Waals surface area contributed by atoms with E-state index in [0.29, 0.717) is 18.2 Å². The second kappa shape index (κ2) is 3.93. The van der Waals surface area contributed by atoms with Gasteiger partial charge in [-0.3, -0.25) is 9.69 Å². The average Bonchev–Trinajstić information content (AvgIpc) is 2.51. The van der Waals surface area contributed by atoms with Crippen LogP contribution in [0.1, 0.15) is 5.69 Å². The molecular formula is C8H12N4OS. The summed E-state index contributed by atoms with van der Waals surface area (Å²) in [6.45, 7) is 2.76. The van der Waals surface area contributed by atoms with Crippen LogP contribution >= 0.6 is 11.3 Å². The smallest absolute Gasteiger partial charge is 0.234 e. The Bertz CT molecular complexity index is 338. The Hall–Kier alpha value is -1.14. The highest BCUT2D eigenvalue weighted by molar-refractivity contribution is 7.13. The Labute approximate surface area is 85.9 Å². The summed E-state index contributed by atoms with van der Waals surface area (Å²) >= 11 is 1.43. The van der Waals surface area contributed by atoms with Crippen molar-refractivity contribution in [2.75, 3.05) is 25.4 Å². The van der Waals surface area contributed by atoms with Crippen LogP contribution in [-0.2, 0) is 11.3 Å². The summed E-state index contributed by atoms with van der Waals surface area (Å²) in [5.74, 6) is 0.0828. The van der Waals surface area contributed by atoms with Crippen molar-refractivity contribution in [1.29, 1.82) is 0 Å². The summed E-state index contributed by atoms with van der Waals surface area (Å²) < 4.78 is 0. The number of piperazine rings is 1. The highest BCUT2D eigenvalue weighted by atomic mass is 32.1. The molecule has 1 aliphatic heterocycles. The van der Waals surface area contributed by atoms with Crippen molar-refractivity contribution in [2.24, 2.45) is 0 Å². The van der Waals surface area contributed by atoms with Gasteiger partial charge in [-0.05, 0) is 0 Å². The molecule has 0 radical (unpaired) electrons. The highest BCUT2D eigenvalue weighted by Gasteiger charge is 2.16. The second-order valence-electron chi connectivity index (χ2n) is 3.24. The summed E-state index contributed by atoms with van der Waals surface area (Å²) in [6, 6.07) is 0. The van der Waals surface area contributed by atoms with E-state index in [4.69, 9.17) is 5.73 Å². The second-order valence-corrected chi connectivity index (χ2v) is 4.13. The third-order valence-corrected chi connectivity index (χ3v) is 2.80. The van der Waals surface area contributed by atoms with Gasteiger partial charge in [-0.1, -0.05) is 0 Å². The fourth-order valence-electron chi connectivity index (χ4n) is 1.45. The first-order chi connectivity index (χ1) is 6.74. The van der Waals surface area contributed by atoms with E-state index in [1.54, 1.807) is 0 Å². The summed E-state index contributed by atoms with van der Waals surface area (Å²) in [4.78, 5) is 17.3. The van der Waals surface area contributed by atoms with Gasteiger partial charge < -0.3 is 11.1 Å². The molecule has 0 saturated carbocycles. The van der Waals surface area contributed by atoms with E-state index < -0.39 is 0 Å². The van der Waals surface area contributed by atoms with Gasteiger partial charge in [-0.25, -0.2) is 4.98 Å². The van der Waals surface area contributed by atoms with E-state index in [0.717, 1.165) is 18.8 Å². The van der Waals surface area contributed by atoms with Crippen LogP contribution in [0.15, 0.2) is 5.38 Å². The molecule has 0 spiro atoms. The van der Waals surface area contributed by atoms with Gasteiger partial charge in [-0.2, -0.15) is 0 Å². The van der Waals surface area contributed by atoms with E-state index in [1.165, 1.54) is 11.3 Å². The van der Waals surface area contributed by atoms with E-state index in [-0.39, 0.29) is 5.91 Å². The Balaban J connectivity index is 1.93. The number of nitrogens with one attached hydrogen (secondary N) is 1. The van der Waals surface area contributed by atoms with Crippen LogP contribution < -0.4 is 11.1 Å². The Kier molecular flexibility index (Phi) is 2.64. The van der Waals surface area contributed by atoms with Crippen LogP contribution in [0.3, 0.4) is 0 Å². The van der Waals surface area contributed by atoms with Gasteiger partial charge in [0.2, 0.25) is 5.91 Å². The number of aromatic nitrogens is 1. The maximum Gasteiger partial charge on any atom is 0.234 e. The van der Waals surface area contributed by atoms with Gasteiger partial charge in [0.05, 0.1) is 12.2 Å². The average molecular weight is 212 g/mol. The van der Waals surface area contributed by atoms with Crippen molar-refractivity contribution in [3.8, 4) is 0 Å². The minimum atomic E-state index is 0.0828. The third kappa shape index (κ3) is 2.21. The quantitative estimate of drug-likeness (QED) is 0.703. The number of carbonyl (C=O) groups excluding carboxylic acids is 1. The summed E-state index contributed by atoms with van der Waals surface area (Å²) in [6.07, 6.45) is 0. The lowest BCUT2D eigenvalue weighted by Crippen LogP contribution is -2.47. The number of hydrogen-bond acceptors (Lipinski definition) is 5. The number of anilines is 1. The third-order valence-electron chi connectivity index (χ3n) is 2.07. The predicted octanol–water partition coefficient (Wildman–Crippen LogP) is -0.343. The Morgan fingerprint density at radius 2 is 2.57 bits per heavy atom. The molecule has 0 aromatic carbocycles. The topological polar surface area (TPSA) is 71.2 Å². The molecule has 5 nitrogen and oxygen atoms in total. The minimum Gasteiger partial charge on any atom is -0.375 e. The van der Waals surface area contributed by atoms with Crippen molar-refractivity contribution in [1.82, 2.24) is 15.2 Å². The van der Waals surface area contributed by atoms with Gasteiger partial charge in [-0.15, -0.1) is 11.3 Å². The molecule has 3 N–H and O–H groups in total. The van der Waals surface area contributed by atoms with Gasteiger partial charge >= 0.3 is 0 Å². The Morgan fingerprint density at radius 3 is 3.21 bits per heavy atom. The van der Waals surface area contributed by atoms with E-state index >= 15 is 0 Å². The zero-order valence-electron chi connectivity index (χ0n) is 7.69. The largest absolute Gasteiger partial charge is 0.375 e. The number of carbonyl (C=O) groups is 1. The van der Waals surface area contributed by atoms with Crippen LogP contribution in [0.25, 0.3) is 0 Å². The van der Waals surface area contributed by atoms with Crippen molar-refractivity contribution in [2.45, 2.75) is 6.54 Å². The molecular weight excluding hydrogens is 200 g/mol. The molecule has 0 unspecified atom stereocenters. The first-order valence-corrected chi connectivity index (χ1v) is 5.31. The van der Waals surface area contributed by atoms with Crippen molar-refractivity contribution in [3.05, 3.63) is 11.1 Å². The highest BCUT2D eigenvalue weighted by Crippen LogP contribution is 2.13. The van der Waals surface area contributed by atoms with Crippen LogP contribution in [0.2, 0.25) is 0 Å². The molecule has 1 aromatic heterocycles. The standard InChI is InChI=1S/C8H12N4OS/c9-8-11-6(5-14-8)3-12-2-1-10-7(13)4-12/h5H,1-4H2,(H2,9,11)(H,10,13). The summed E-state index contributed by atoms with van der Waals surface area (Å²) in [7, 11) is 0. The number of rotatable bonds is 2. The number of hydrogen-bond donors (Lipinski definition) is 2. The molecule has 1 amide bonds. The molecule has 0 bridgehead atoms. The molecule has 1 fully saturated rings. The monoisotopic (exact) mass is 212 g/mol. The van der Waals surface area contributed by atoms with Gasteiger partial charge in [0.15, 0.2) is 5.13 Å². The lowest BCUT2D eigenvalue weighted by molar-refractivity contribution is -0.124. The van der Waals surface area contributed by atoms with Crippen molar-refractivity contribution < 1.29 is 4.79 Å². The number of nitrogen functional groups attached to an aromatic ring is 1.